The highest BCUT2D eigenvalue weighted by atomic mass is 32.2. The van der Waals surface area contributed by atoms with E-state index in [0.29, 0.717) is 5.89 Å². The summed E-state index contributed by atoms with van der Waals surface area (Å²) in [7, 11) is 0. The molecule has 0 saturated carbocycles. The second-order valence-electron chi connectivity index (χ2n) is 5.30. The monoisotopic (exact) mass is 329 g/mol. The van der Waals surface area contributed by atoms with Crippen LogP contribution < -0.4 is 0 Å². The third-order valence-corrected chi connectivity index (χ3v) is 4.59. The molecule has 0 aliphatic heterocycles. The summed E-state index contributed by atoms with van der Waals surface area (Å²) in [4.78, 5) is 5.89. The lowest BCUT2D eigenvalue weighted by Gasteiger charge is -2.00. The summed E-state index contributed by atoms with van der Waals surface area (Å²) in [5.74, 6) is 0.646. The van der Waals surface area contributed by atoms with E-state index in [2.05, 4.69) is 24.3 Å². The summed E-state index contributed by atoms with van der Waals surface area (Å²) in [6.07, 6.45) is 0. The van der Waals surface area contributed by atoms with E-state index in [1.54, 1.807) is 11.8 Å². The number of rotatable bonds is 4. The number of nitrogens with zero attached hydrogens (tertiary/aromatic N) is 1. The van der Waals surface area contributed by atoms with Gasteiger partial charge in [0, 0.05) is 16.0 Å². The van der Waals surface area contributed by atoms with Crippen LogP contribution in [0.25, 0.3) is 22.7 Å². The molecule has 0 bridgehead atoms. The average Bonchev–Trinajstić information content (AvgIpc) is 3.08. The first-order chi connectivity index (χ1) is 11.9. The van der Waals surface area contributed by atoms with Crippen LogP contribution in [0.1, 0.15) is 0 Å². The number of oxazole rings is 1. The van der Waals surface area contributed by atoms with Gasteiger partial charge < -0.3 is 4.42 Å². The van der Waals surface area contributed by atoms with Gasteiger partial charge in [-0.05, 0) is 36.0 Å². The molecule has 0 amide bonds. The molecule has 0 aliphatic carbocycles. The molecule has 3 heteroatoms. The lowest BCUT2D eigenvalue weighted by atomic mass is 10.2. The third-order valence-electron chi connectivity index (χ3n) is 3.62. The molecule has 0 fully saturated rings. The van der Waals surface area contributed by atoms with E-state index in [9.17, 15) is 0 Å². The van der Waals surface area contributed by atoms with Crippen LogP contribution in [0.3, 0.4) is 0 Å². The summed E-state index contributed by atoms with van der Waals surface area (Å²) >= 11 is 1.60. The molecule has 1 heterocycles. The fourth-order valence-electron chi connectivity index (χ4n) is 2.45. The van der Waals surface area contributed by atoms with Crippen molar-refractivity contribution < 1.29 is 4.42 Å². The summed E-state index contributed by atoms with van der Waals surface area (Å²) < 4.78 is 6.11. The fourth-order valence-corrected chi connectivity index (χ4v) is 3.34. The predicted octanol–water partition coefficient (Wildman–Crippen LogP) is 6.16. The first kappa shape index (κ1) is 14.8. The van der Waals surface area contributed by atoms with Gasteiger partial charge in [0.15, 0.2) is 5.09 Å². The van der Waals surface area contributed by atoms with Crippen LogP contribution in [0, 0.1) is 0 Å². The Morgan fingerprint density at radius 1 is 0.625 bits per heavy atom. The Bertz CT molecular complexity index is 918. The maximum absolute atomic E-state index is 6.11. The molecule has 116 valence electrons. The minimum atomic E-state index is 0.646. The zero-order valence-electron chi connectivity index (χ0n) is 12.9. The summed E-state index contributed by atoms with van der Waals surface area (Å²) in [5.41, 5.74) is 2.92. The Hall–Kier alpha value is -2.78. The molecule has 2 nitrogen and oxygen atoms in total. The zero-order chi connectivity index (χ0) is 16.2. The maximum atomic E-state index is 6.11. The van der Waals surface area contributed by atoms with Crippen LogP contribution in [0.15, 0.2) is 105 Å². The molecule has 0 spiro atoms. The molecule has 4 aromatic rings. The van der Waals surface area contributed by atoms with Crippen molar-refractivity contribution in [3.8, 4) is 22.7 Å². The highest BCUT2D eigenvalue weighted by molar-refractivity contribution is 7.99. The number of hydrogen-bond acceptors (Lipinski definition) is 3. The molecule has 0 radical (unpaired) electrons. The van der Waals surface area contributed by atoms with Gasteiger partial charge in [-0.1, -0.05) is 66.7 Å². The smallest absolute Gasteiger partial charge is 0.228 e. The Kier molecular flexibility index (Phi) is 4.17. The van der Waals surface area contributed by atoms with Crippen LogP contribution >= 0.6 is 11.8 Å². The topological polar surface area (TPSA) is 26.0 Å². The number of hydrogen-bond donors (Lipinski definition) is 0. The van der Waals surface area contributed by atoms with E-state index in [1.165, 1.54) is 0 Å². The van der Waals surface area contributed by atoms with Crippen molar-refractivity contribution in [1.29, 1.82) is 0 Å². The standard InChI is InChI=1S/C21H15NOS/c1-4-10-16(11-5-1)19-21(24-18-14-8-3-9-15-18)23-20(22-19)17-12-6-2-7-13-17/h1-15H. The minimum Gasteiger partial charge on any atom is -0.429 e. The largest absolute Gasteiger partial charge is 0.429 e. The van der Waals surface area contributed by atoms with Crippen LogP contribution in [-0.4, -0.2) is 4.98 Å². The maximum Gasteiger partial charge on any atom is 0.228 e. The first-order valence-electron chi connectivity index (χ1n) is 7.75. The number of aromatic nitrogens is 1. The van der Waals surface area contributed by atoms with Gasteiger partial charge in [-0.3, -0.25) is 0 Å². The molecule has 3 aromatic carbocycles. The van der Waals surface area contributed by atoms with Crippen LogP contribution in [-0.2, 0) is 0 Å². The van der Waals surface area contributed by atoms with E-state index in [0.717, 1.165) is 26.8 Å². The van der Waals surface area contributed by atoms with Crippen molar-refractivity contribution in [3.05, 3.63) is 91.0 Å². The van der Waals surface area contributed by atoms with Crippen LogP contribution in [0.4, 0.5) is 0 Å². The second-order valence-corrected chi connectivity index (χ2v) is 6.35. The SMILES string of the molecule is c1ccc(Sc2oc(-c3ccccc3)nc2-c2ccccc2)cc1. The Labute approximate surface area is 145 Å². The van der Waals surface area contributed by atoms with Crippen molar-refractivity contribution in [2.24, 2.45) is 0 Å². The molecule has 1 aromatic heterocycles. The third kappa shape index (κ3) is 3.12. The summed E-state index contributed by atoms with van der Waals surface area (Å²) in [6.45, 7) is 0. The van der Waals surface area contributed by atoms with Gasteiger partial charge in [0.1, 0.15) is 5.69 Å². The lowest BCUT2D eigenvalue weighted by Crippen LogP contribution is -1.81. The van der Waals surface area contributed by atoms with Crippen molar-refractivity contribution in [2.75, 3.05) is 0 Å². The van der Waals surface area contributed by atoms with Crippen molar-refractivity contribution in [1.82, 2.24) is 4.98 Å². The lowest BCUT2D eigenvalue weighted by molar-refractivity contribution is 0.486. The summed E-state index contributed by atoms with van der Waals surface area (Å²) in [5, 5.41) is 0.811. The minimum absolute atomic E-state index is 0.646. The Morgan fingerprint density at radius 2 is 1.17 bits per heavy atom. The van der Waals surface area contributed by atoms with E-state index in [1.807, 2.05) is 66.7 Å². The van der Waals surface area contributed by atoms with Crippen LogP contribution in [0.2, 0.25) is 0 Å². The first-order valence-corrected chi connectivity index (χ1v) is 8.56. The van der Waals surface area contributed by atoms with Gasteiger partial charge in [0.2, 0.25) is 5.89 Å². The zero-order valence-corrected chi connectivity index (χ0v) is 13.7. The molecular formula is C21H15NOS. The van der Waals surface area contributed by atoms with Gasteiger partial charge in [0.25, 0.3) is 0 Å². The highest BCUT2D eigenvalue weighted by Gasteiger charge is 2.17. The molecule has 0 saturated heterocycles. The number of benzene rings is 3. The predicted molar refractivity (Wildman–Crippen MR) is 97.9 cm³/mol. The van der Waals surface area contributed by atoms with Gasteiger partial charge in [-0.25, -0.2) is 4.98 Å². The normalized spacial score (nSPS) is 10.7. The molecule has 0 aliphatic rings. The molecule has 24 heavy (non-hydrogen) atoms. The fraction of sp³-hybridized carbons (Fsp3) is 0. The summed E-state index contributed by atoms with van der Waals surface area (Å²) in [6, 6.07) is 30.4. The van der Waals surface area contributed by atoms with E-state index >= 15 is 0 Å². The second kappa shape index (κ2) is 6.77. The Balaban J connectivity index is 1.80. The molecule has 0 unspecified atom stereocenters. The van der Waals surface area contributed by atoms with Gasteiger partial charge >= 0.3 is 0 Å². The molecule has 0 atom stereocenters. The van der Waals surface area contributed by atoms with Crippen molar-refractivity contribution in [2.45, 2.75) is 9.99 Å². The van der Waals surface area contributed by atoms with Crippen LogP contribution in [0.5, 0.6) is 0 Å². The quantitative estimate of drug-likeness (QED) is 0.448. The highest BCUT2D eigenvalue weighted by Crippen LogP contribution is 2.38. The van der Waals surface area contributed by atoms with E-state index < -0.39 is 0 Å². The van der Waals surface area contributed by atoms with Crippen molar-refractivity contribution >= 4 is 11.8 Å². The molecule has 4 rings (SSSR count). The van der Waals surface area contributed by atoms with E-state index in [4.69, 9.17) is 9.40 Å². The average molecular weight is 329 g/mol. The molecular weight excluding hydrogens is 314 g/mol. The van der Waals surface area contributed by atoms with Crippen molar-refractivity contribution in [3.63, 3.8) is 0 Å². The van der Waals surface area contributed by atoms with E-state index in [-0.39, 0.29) is 0 Å². The van der Waals surface area contributed by atoms with Gasteiger partial charge in [-0.2, -0.15) is 0 Å². The Morgan fingerprint density at radius 3 is 1.79 bits per heavy atom. The van der Waals surface area contributed by atoms with Gasteiger partial charge in [0.05, 0.1) is 0 Å². The molecule has 0 N–H and O–H groups in total. The van der Waals surface area contributed by atoms with Gasteiger partial charge in [-0.15, -0.1) is 0 Å².